The molecule has 0 radical (unpaired) electrons. The molecule has 0 heterocycles. The average Bonchev–Trinajstić information content (AvgIpc) is 2.05. The first-order valence-corrected chi connectivity index (χ1v) is 3.64. The predicted octanol–water partition coefficient (Wildman–Crippen LogP) is 1.65. The van der Waals surface area contributed by atoms with E-state index in [0.717, 1.165) is 11.4 Å². The molecule has 1 aromatic carbocycles. The van der Waals surface area contributed by atoms with Gasteiger partial charge in [0.2, 0.25) is 5.91 Å². The summed E-state index contributed by atoms with van der Waals surface area (Å²) in [6, 6.07) is 7.18. The third-order valence-corrected chi connectivity index (χ3v) is 1.41. The van der Waals surface area contributed by atoms with Crippen molar-refractivity contribution in [1.29, 1.82) is 0 Å². The van der Waals surface area contributed by atoms with Crippen molar-refractivity contribution < 1.29 is 29.0 Å². The zero-order valence-electron chi connectivity index (χ0n) is 7.48. The number of nitrogens with one attached hydrogen (secondary N) is 1. The van der Waals surface area contributed by atoms with E-state index >= 15 is 0 Å². The Hall–Kier alpha value is -0.887. The van der Waals surface area contributed by atoms with Crippen LogP contribution in [0.5, 0.6) is 5.75 Å². The quantitative estimate of drug-likeness (QED) is 0.683. The van der Waals surface area contributed by atoms with Crippen molar-refractivity contribution in [3.63, 3.8) is 0 Å². The second kappa shape index (κ2) is 5.71. The molecule has 1 N–H and O–H groups in total. The molecule has 0 aromatic heterocycles. The van der Waals surface area contributed by atoms with E-state index in [1.165, 1.54) is 6.92 Å². The van der Waals surface area contributed by atoms with E-state index in [0.29, 0.717) is 0 Å². The Kier molecular flexibility index (Phi) is 5.32. The molecule has 0 aliphatic heterocycles. The number of amides is 1. The van der Waals surface area contributed by atoms with E-state index in [1.54, 1.807) is 31.4 Å². The molecule has 0 saturated carbocycles. The van der Waals surface area contributed by atoms with Gasteiger partial charge in [-0.2, -0.15) is 0 Å². The molecule has 0 aliphatic rings. The van der Waals surface area contributed by atoms with Gasteiger partial charge in [0.25, 0.3) is 0 Å². The van der Waals surface area contributed by atoms with Crippen LogP contribution in [0.15, 0.2) is 24.3 Å². The van der Waals surface area contributed by atoms with Gasteiger partial charge in [-0.3, -0.25) is 4.79 Å². The summed E-state index contributed by atoms with van der Waals surface area (Å²) in [7, 11) is 1.60. The predicted molar refractivity (Wildman–Crippen MR) is 47.3 cm³/mol. The van der Waals surface area contributed by atoms with Gasteiger partial charge < -0.3 is 10.1 Å². The Bertz CT molecular complexity index is 271. The average molecular weight is 169 g/mol. The van der Waals surface area contributed by atoms with Crippen molar-refractivity contribution in [3.8, 4) is 5.75 Å². The smallest absolute Gasteiger partial charge is 0.221 e. The number of carbonyl (C=O) groups is 1. The molecule has 0 atom stereocenters. The van der Waals surface area contributed by atoms with Crippen molar-refractivity contribution >= 4 is 11.6 Å². The Morgan fingerprint density at radius 1 is 1.31 bits per heavy atom. The number of ether oxygens (including phenoxy) is 1. The largest absolute Gasteiger partial charge is 0.497 e. The zero-order valence-corrected chi connectivity index (χ0v) is 9.22. The van der Waals surface area contributed by atoms with Gasteiger partial charge >= 0.3 is 0 Å². The van der Waals surface area contributed by atoms with Crippen molar-refractivity contribution in [2.45, 2.75) is 6.92 Å². The van der Waals surface area contributed by atoms with Crippen LogP contribution in [0.25, 0.3) is 0 Å². The van der Waals surface area contributed by atoms with Gasteiger partial charge in [-0.15, -0.1) is 0 Å². The number of anilines is 1. The minimum absolute atomic E-state index is 0. The monoisotopic (exact) mass is 169 g/mol. The number of methoxy groups -OCH3 is 1. The van der Waals surface area contributed by atoms with E-state index in [2.05, 4.69) is 5.32 Å². The van der Waals surface area contributed by atoms with Crippen LogP contribution in [0, 0.1) is 0 Å². The zero-order chi connectivity index (χ0) is 8.97. The summed E-state index contributed by atoms with van der Waals surface area (Å²) in [5.74, 6) is 0.712. The molecule has 1 amide bonds. The first kappa shape index (κ1) is 12.1. The topological polar surface area (TPSA) is 38.3 Å². The Labute approximate surface area is 90.2 Å². The second-order valence-electron chi connectivity index (χ2n) is 2.41. The molecule has 72 valence electrons. The van der Waals surface area contributed by atoms with Crippen LogP contribution in [-0.4, -0.2) is 13.0 Å². The van der Waals surface area contributed by atoms with Crippen LogP contribution in [0.1, 0.15) is 6.92 Å². The van der Waals surface area contributed by atoms with E-state index in [1.807, 2.05) is 0 Å². The fourth-order valence-corrected chi connectivity index (χ4v) is 0.878. The molecule has 4 heteroatoms. The first-order valence-electron chi connectivity index (χ1n) is 3.64. The van der Waals surface area contributed by atoms with Crippen LogP contribution in [0.4, 0.5) is 5.69 Å². The molecule has 0 saturated heterocycles. The maximum atomic E-state index is 10.6. The molecule has 0 fully saturated rings. The maximum Gasteiger partial charge on any atom is 0.221 e. The molecular weight excluding hydrogens is 158 g/mol. The van der Waals surface area contributed by atoms with Crippen molar-refractivity contribution in [3.05, 3.63) is 24.3 Å². The number of benzene rings is 1. The van der Waals surface area contributed by atoms with Crippen LogP contribution in [0.3, 0.4) is 0 Å². The minimum Gasteiger partial charge on any atom is -0.497 e. The maximum absolute atomic E-state index is 10.6. The van der Waals surface area contributed by atoms with Gasteiger partial charge in [0.1, 0.15) is 5.75 Å². The minimum atomic E-state index is -0.0693. The van der Waals surface area contributed by atoms with Crippen molar-refractivity contribution in [2.24, 2.45) is 0 Å². The number of carbonyl (C=O) groups excluding carboxylic acids is 1. The van der Waals surface area contributed by atoms with E-state index in [9.17, 15) is 4.79 Å². The van der Waals surface area contributed by atoms with E-state index in [4.69, 9.17) is 4.74 Å². The SMILES string of the molecule is COc1ccc(NC(C)=O)cc1.[4Ru]. The summed E-state index contributed by atoms with van der Waals surface area (Å²) in [5, 5.41) is 2.66. The van der Waals surface area contributed by atoms with Gasteiger partial charge in [0.05, 0.1) is 7.11 Å². The van der Waals surface area contributed by atoms with Gasteiger partial charge in [-0.1, -0.05) is 0 Å². The number of hydrogen-bond acceptors (Lipinski definition) is 2. The summed E-state index contributed by atoms with van der Waals surface area (Å²) in [6.07, 6.45) is 0. The van der Waals surface area contributed by atoms with Crippen molar-refractivity contribution in [1.82, 2.24) is 0 Å². The van der Waals surface area contributed by atoms with Crippen LogP contribution < -0.4 is 10.1 Å². The summed E-state index contributed by atoms with van der Waals surface area (Å²) >= 11 is 0. The van der Waals surface area contributed by atoms with Crippen LogP contribution in [-0.2, 0) is 24.3 Å². The van der Waals surface area contributed by atoms with Crippen LogP contribution >= 0.6 is 0 Å². The van der Waals surface area contributed by atoms with Gasteiger partial charge in [-0.05, 0) is 24.3 Å². The van der Waals surface area contributed by atoms with Gasteiger partial charge in [0, 0.05) is 32.1 Å². The normalized spacial score (nSPS) is 8.46. The number of hydrogen-bond donors (Lipinski definition) is 1. The summed E-state index contributed by atoms with van der Waals surface area (Å²) in [5.41, 5.74) is 0.781. The van der Waals surface area contributed by atoms with E-state index in [-0.39, 0.29) is 25.4 Å². The second-order valence-corrected chi connectivity index (χ2v) is 2.41. The molecular formula is C9H11NO2Ru. The summed E-state index contributed by atoms with van der Waals surface area (Å²) in [6.45, 7) is 1.48. The standard InChI is InChI=1S/C9H11NO2.Ru/c1-7(11)10-8-3-5-9(12-2)6-4-8;/h3-6H,1-2H3,(H,10,11);/i;1-97. The van der Waals surface area contributed by atoms with Gasteiger partial charge in [0.15, 0.2) is 0 Å². The third-order valence-electron chi connectivity index (χ3n) is 1.41. The molecule has 0 spiro atoms. The molecule has 0 unspecified atom stereocenters. The fraction of sp³-hybridized carbons (Fsp3) is 0.222. The Balaban J connectivity index is 0.00000144. The molecule has 0 aliphatic carbocycles. The fourth-order valence-electron chi connectivity index (χ4n) is 0.878. The molecule has 0 bridgehead atoms. The van der Waals surface area contributed by atoms with Gasteiger partial charge in [-0.25, -0.2) is 0 Å². The first-order chi connectivity index (χ1) is 5.72. The molecule has 1 aromatic rings. The third kappa shape index (κ3) is 4.04. The Morgan fingerprint density at radius 2 is 1.85 bits per heavy atom. The molecule has 1 rings (SSSR count). The summed E-state index contributed by atoms with van der Waals surface area (Å²) < 4.78 is 4.96. The number of rotatable bonds is 2. The Morgan fingerprint density at radius 3 is 2.23 bits per heavy atom. The molecule has 3 nitrogen and oxygen atoms in total. The van der Waals surface area contributed by atoms with Crippen molar-refractivity contribution in [2.75, 3.05) is 12.4 Å². The summed E-state index contributed by atoms with van der Waals surface area (Å²) in [4.78, 5) is 10.6. The van der Waals surface area contributed by atoms with E-state index < -0.39 is 0 Å². The molecule has 13 heavy (non-hydrogen) atoms. The van der Waals surface area contributed by atoms with Crippen LogP contribution in [0.2, 0.25) is 0 Å².